The maximum atomic E-state index is 13.3. The Balaban J connectivity index is 1.50. The lowest BCUT2D eigenvalue weighted by Gasteiger charge is -2.29. The van der Waals surface area contributed by atoms with Crippen molar-refractivity contribution in [3.05, 3.63) is 95.1 Å². The number of hydrogen-bond acceptors (Lipinski definition) is 6. The summed E-state index contributed by atoms with van der Waals surface area (Å²) in [5, 5.41) is 15.7. The predicted octanol–water partition coefficient (Wildman–Crippen LogP) is 4.62. The van der Waals surface area contributed by atoms with Crippen LogP contribution < -0.4 is 20.1 Å². The second-order valence-electron chi connectivity index (χ2n) is 10.8. The molecule has 1 aliphatic heterocycles. The Bertz CT molecular complexity index is 1500. The van der Waals surface area contributed by atoms with Crippen molar-refractivity contribution in [1.82, 2.24) is 15.4 Å². The van der Waals surface area contributed by atoms with E-state index in [1.165, 1.54) is 0 Å². The number of sulfonamides is 1. The second kappa shape index (κ2) is 12.8. The van der Waals surface area contributed by atoms with E-state index in [0.29, 0.717) is 37.0 Å². The molecule has 0 bridgehead atoms. The van der Waals surface area contributed by atoms with E-state index in [-0.39, 0.29) is 19.1 Å². The number of fused-ring (bicyclic) bond motifs is 1. The molecule has 3 aromatic carbocycles. The molecule has 0 aromatic heterocycles. The van der Waals surface area contributed by atoms with E-state index < -0.39 is 44.1 Å². The van der Waals surface area contributed by atoms with Gasteiger partial charge in [0, 0.05) is 30.5 Å². The Labute approximate surface area is 243 Å². The number of rotatable bonds is 11. The van der Waals surface area contributed by atoms with Gasteiger partial charge in [0.25, 0.3) is 0 Å². The van der Waals surface area contributed by atoms with Crippen molar-refractivity contribution in [3.63, 3.8) is 0 Å². The molecule has 0 saturated carbocycles. The van der Waals surface area contributed by atoms with Gasteiger partial charge in [-0.05, 0) is 49.2 Å². The number of hydrogen-bond donors (Lipinski definition) is 4. The van der Waals surface area contributed by atoms with Gasteiger partial charge in [-0.2, -0.15) is 13.2 Å². The van der Waals surface area contributed by atoms with Gasteiger partial charge in [0.2, 0.25) is 15.9 Å². The van der Waals surface area contributed by atoms with Crippen molar-refractivity contribution in [2.75, 3.05) is 13.2 Å². The summed E-state index contributed by atoms with van der Waals surface area (Å²) in [6, 6.07) is 16.1. The van der Waals surface area contributed by atoms with Crippen molar-refractivity contribution in [2.45, 2.75) is 61.9 Å². The molecule has 2 atom stereocenters. The first-order chi connectivity index (χ1) is 19.8. The average molecular weight is 606 g/mol. The number of aliphatic hydroxyl groups is 1. The molecule has 1 unspecified atom stereocenters. The molecule has 12 heteroatoms. The molecule has 4 N–H and O–H groups in total. The van der Waals surface area contributed by atoms with Gasteiger partial charge in [-0.3, -0.25) is 4.79 Å². The quantitative estimate of drug-likeness (QED) is 0.254. The smallest absolute Gasteiger partial charge is 0.416 e. The number of alkyl halides is 3. The molecule has 0 saturated heterocycles. The summed E-state index contributed by atoms with van der Waals surface area (Å²) in [5.74, 6) is 0.182. The molecule has 0 aliphatic carbocycles. The number of benzene rings is 3. The molecule has 226 valence electrons. The van der Waals surface area contributed by atoms with Crippen LogP contribution in [0, 0.1) is 0 Å². The molecule has 4 rings (SSSR count). The van der Waals surface area contributed by atoms with Gasteiger partial charge in [-0.25, -0.2) is 13.1 Å². The largest absolute Gasteiger partial charge is 0.493 e. The lowest BCUT2D eigenvalue weighted by atomic mass is 9.97. The van der Waals surface area contributed by atoms with Gasteiger partial charge >= 0.3 is 6.18 Å². The monoisotopic (exact) mass is 605 g/mol. The van der Waals surface area contributed by atoms with Crippen LogP contribution in [0.3, 0.4) is 0 Å². The Hall–Kier alpha value is -3.45. The normalized spacial score (nSPS) is 16.3. The summed E-state index contributed by atoms with van der Waals surface area (Å²) in [6.07, 6.45) is -4.50. The first-order valence-electron chi connectivity index (χ1n) is 13.4. The highest BCUT2D eigenvalue weighted by atomic mass is 32.2. The van der Waals surface area contributed by atoms with Crippen LogP contribution >= 0.6 is 0 Å². The molecule has 0 radical (unpaired) electrons. The zero-order chi connectivity index (χ0) is 30.5. The van der Waals surface area contributed by atoms with Gasteiger partial charge in [-0.15, -0.1) is 0 Å². The highest BCUT2D eigenvalue weighted by Crippen LogP contribution is 2.34. The SMILES string of the molecule is CC(C)(CO)NCc1ccc2c(c1)OCC[C@H]2NC(=O)CC(NS(=O)(=O)c1cccc(C(F)(F)F)c1)c1ccccc1. The Morgan fingerprint density at radius 1 is 1.05 bits per heavy atom. The van der Waals surface area contributed by atoms with Gasteiger partial charge in [-0.1, -0.05) is 48.5 Å². The number of ether oxygens (including phenoxy) is 1. The second-order valence-corrected chi connectivity index (χ2v) is 12.6. The summed E-state index contributed by atoms with van der Waals surface area (Å²) in [7, 11) is -4.41. The first-order valence-corrected chi connectivity index (χ1v) is 14.9. The summed E-state index contributed by atoms with van der Waals surface area (Å²) in [5.41, 5.74) is 0.661. The Morgan fingerprint density at radius 2 is 1.79 bits per heavy atom. The van der Waals surface area contributed by atoms with Gasteiger partial charge < -0.3 is 20.5 Å². The van der Waals surface area contributed by atoms with Crippen LogP contribution in [0.4, 0.5) is 13.2 Å². The molecule has 0 fully saturated rings. The molecule has 1 amide bonds. The van der Waals surface area contributed by atoms with Crippen molar-refractivity contribution in [3.8, 4) is 5.75 Å². The van der Waals surface area contributed by atoms with Gasteiger partial charge in [0.15, 0.2) is 0 Å². The minimum absolute atomic E-state index is 0.0252. The van der Waals surface area contributed by atoms with E-state index in [1.807, 2.05) is 32.0 Å². The number of nitrogens with one attached hydrogen (secondary N) is 3. The van der Waals surface area contributed by atoms with Crippen molar-refractivity contribution in [2.24, 2.45) is 0 Å². The fraction of sp³-hybridized carbons (Fsp3) is 0.367. The zero-order valence-corrected chi connectivity index (χ0v) is 24.1. The zero-order valence-electron chi connectivity index (χ0n) is 23.2. The topological polar surface area (TPSA) is 117 Å². The van der Waals surface area contributed by atoms with Gasteiger partial charge in [0.1, 0.15) is 5.75 Å². The molecule has 0 spiro atoms. The van der Waals surface area contributed by atoms with Crippen LogP contribution in [-0.4, -0.2) is 38.2 Å². The maximum absolute atomic E-state index is 13.3. The number of amides is 1. The van der Waals surface area contributed by atoms with Crippen LogP contribution in [0.5, 0.6) is 5.75 Å². The minimum atomic E-state index is -4.71. The van der Waals surface area contributed by atoms with E-state index in [4.69, 9.17) is 4.74 Å². The standard InChI is InChI=1S/C30H34F3N3O5S/c1-29(2,19-37)34-18-20-11-12-24-25(13-14-41-27(24)15-20)35-28(38)17-26(21-7-4-3-5-8-21)36-42(39,40)23-10-6-9-22(16-23)30(31,32)33/h3-12,15-16,25-26,34,36-37H,13-14,17-19H2,1-2H3,(H,35,38)/t25-,26?/m1/s1. The van der Waals surface area contributed by atoms with Crippen LogP contribution in [0.15, 0.2) is 77.7 Å². The van der Waals surface area contributed by atoms with E-state index in [0.717, 1.165) is 29.3 Å². The number of carbonyl (C=O) groups excluding carboxylic acids is 1. The third kappa shape index (κ3) is 8.09. The van der Waals surface area contributed by atoms with E-state index in [9.17, 15) is 31.5 Å². The Kier molecular flexibility index (Phi) is 9.61. The highest BCUT2D eigenvalue weighted by Gasteiger charge is 2.33. The first kappa shape index (κ1) is 31.5. The van der Waals surface area contributed by atoms with Crippen LogP contribution in [0.2, 0.25) is 0 Å². The average Bonchev–Trinajstić information content (AvgIpc) is 2.96. The van der Waals surface area contributed by atoms with Crippen molar-refractivity contribution >= 4 is 15.9 Å². The summed E-state index contributed by atoms with van der Waals surface area (Å²) < 4.78 is 74.2. The fourth-order valence-electron chi connectivity index (χ4n) is 4.54. The summed E-state index contributed by atoms with van der Waals surface area (Å²) in [4.78, 5) is 12.7. The predicted molar refractivity (Wildman–Crippen MR) is 151 cm³/mol. The van der Waals surface area contributed by atoms with Crippen molar-refractivity contribution < 1.29 is 36.2 Å². The van der Waals surface area contributed by atoms with E-state index in [1.54, 1.807) is 30.3 Å². The molecule has 1 aliphatic rings. The lowest BCUT2D eigenvalue weighted by Crippen LogP contribution is -2.42. The fourth-order valence-corrected chi connectivity index (χ4v) is 5.81. The lowest BCUT2D eigenvalue weighted by molar-refractivity contribution is -0.137. The van der Waals surface area contributed by atoms with E-state index in [2.05, 4.69) is 15.4 Å². The minimum Gasteiger partial charge on any atom is -0.493 e. The molecule has 42 heavy (non-hydrogen) atoms. The Morgan fingerprint density at radius 3 is 2.48 bits per heavy atom. The highest BCUT2D eigenvalue weighted by molar-refractivity contribution is 7.89. The molecule has 8 nitrogen and oxygen atoms in total. The molecular formula is C30H34F3N3O5S. The van der Waals surface area contributed by atoms with Crippen LogP contribution in [0.25, 0.3) is 0 Å². The van der Waals surface area contributed by atoms with Crippen LogP contribution in [-0.2, 0) is 27.5 Å². The number of carbonyl (C=O) groups is 1. The number of aliphatic hydroxyl groups excluding tert-OH is 1. The van der Waals surface area contributed by atoms with Crippen LogP contribution in [0.1, 0.15) is 61.0 Å². The van der Waals surface area contributed by atoms with Gasteiger partial charge in [0.05, 0.1) is 35.8 Å². The van der Waals surface area contributed by atoms with E-state index >= 15 is 0 Å². The maximum Gasteiger partial charge on any atom is 0.416 e. The third-order valence-corrected chi connectivity index (χ3v) is 8.45. The molecule has 3 aromatic rings. The third-order valence-electron chi connectivity index (χ3n) is 6.98. The molecular weight excluding hydrogens is 571 g/mol. The van der Waals surface area contributed by atoms with Crippen molar-refractivity contribution in [1.29, 1.82) is 0 Å². The molecule has 1 heterocycles. The summed E-state index contributed by atoms with van der Waals surface area (Å²) >= 11 is 0. The summed E-state index contributed by atoms with van der Waals surface area (Å²) in [6.45, 7) is 4.61. The number of halogens is 3.